The minimum Gasteiger partial charge on any atom is -0.497 e. The number of benzene rings is 1. The lowest BCUT2D eigenvalue weighted by molar-refractivity contribution is 0.0689. The number of rotatable bonds is 5. The number of hydrogen-bond donors (Lipinski definition) is 1. The third kappa shape index (κ3) is 3.17. The Hall–Kier alpha value is -2.96. The van der Waals surface area contributed by atoms with Crippen molar-refractivity contribution in [2.24, 2.45) is 0 Å². The van der Waals surface area contributed by atoms with Crippen molar-refractivity contribution in [3.05, 3.63) is 47.4 Å². The van der Waals surface area contributed by atoms with Crippen molar-refractivity contribution in [2.75, 3.05) is 20.8 Å². The van der Waals surface area contributed by atoms with Gasteiger partial charge >= 0.3 is 5.97 Å². The first-order chi connectivity index (χ1) is 12.0. The Morgan fingerprint density at radius 3 is 2.68 bits per heavy atom. The molecule has 1 atom stereocenters. The maximum Gasteiger partial charge on any atom is 0.338 e. The van der Waals surface area contributed by atoms with E-state index in [1.54, 1.807) is 25.2 Å². The van der Waals surface area contributed by atoms with Crippen molar-refractivity contribution < 1.29 is 28.6 Å². The van der Waals surface area contributed by atoms with Gasteiger partial charge in [0.25, 0.3) is 5.91 Å². The first-order valence-corrected chi connectivity index (χ1v) is 7.90. The number of likely N-dealkylation sites (tertiary alicyclic amines) is 1. The number of hydrogen-bond acceptors (Lipinski definition) is 5. The Bertz CT molecular complexity index is 797. The number of carboxylic acid groups (broad SMARTS) is 1. The highest BCUT2D eigenvalue weighted by Crippen LogP contribution is 2.39. The fourth-order valence-electron chi connectivity index (χ4n) is 3.13. The van der Waals surface area contributed by atoms with Crippen LogP contribution in [0.3, 0.4) is 0 Å². The van der Waals surface area contributed by atoms with Gasteiger partial charge in [0.15, 0.2) is 5.76 Å². The van der Waals surface area contributed by atoms with Crippen LogP contribution in [-0.4, -0.2) is 42.6 Å². The van der Waals surface area contributed by atoms with Crippen LogP contribution in [0.2, 0.25) is 0 Å². The quantitative estimate of drug-likeness (QED) is 0.896. The molecule has 2 aromatic rings. The van der Waals surface area contributed by atoms with Gasteiger partial charge in [0.1, 0.15) is 17.8 Å². The minimum atomic E-state index is -1.13. The van der Waals surface area contributed by atoms with Crippen LogP contribution in [-0.2, 0) is 0 Å². The highest BCUT2D eigenvalue weighted by molar-refractivity contribution is 5.95. The summed E-state index contributed by atoms with van der Waals surface area (Å²) in [5.74, 6) is -0.106. The molecule has 1 aliphatic rings. The van der Waals surface area contributed by atoms with Gasteiger partial charge < -0.3 is 23.9 Å². The van der Waals surface area contributed by atoms with Crippen LogP contribution < -0.4 is 9.47 Å². The molecular formula is C18H19NO6. The Kier molecular flexibility index (Phi) is 4.65. The van der Waals surface area contributed by atoms with Crippen molar-refractivity contribution in [1.29, 1.82) is 0 Å². The molecule has 1 saturated heterocycles. The predicted octanol–water partition coefficient (Wildman–Crippen LogP) is 2.97. The maximum atomic E-state index is 12.8. The lowest BCUT2D eigenvalue weighted by Gasteiger charge is -2.25. The predicted molar refractivity (Wildman–Crippen MR) is 88.2 cm³/mol. The van der Waals surface area contributed by atoms with Gasteiger partial charge in [-0.1, -0.05) is 0 Å². The molecule has 0 radical (unpaired) electrons. The summed E-state index contributed by atoms with van der Waals surface area (Å²) >= 11 is 0. The van der Waals surface area contributed by atoms with E-state index in [0.29, 0.717) is 18.0 Å². The summed E-state index contributed by atoms with van der Waals surface area (Å²) < 4.78 is 15.8. The summed E-state index contributed by atoms with van der Waals surface area (Å²) in [5, 5.41) is 8.98. The molecule has 0 unspecified atom stereocenters. The molecule has 7 nitrogen and oxygen atoms in total. The van der Waals surface area contributed by atoms with Gasteiger partial charge in [0.2, 0.25) is 0 Å². The molecular weight excluding hydrogens is 326 g/mol. The molecule has 1 aliphatic heterocycles. The maximum absolute atomic E-state index is 12.8. The zero-order chi connectivity index (χ0) is 18.0. The molecule has 1 aromatic carbocycles. The van der Waals surface area contributed by atoms with Crippen LogP contribution in [0.5, 0.6) is 11.5 Å². The number of carbonyl (C=O) groups excluding carboxylic acids is 1. The molecule has 0 aliphatic carbocycles. The van der Waals surface area contributed by atoms with Gasteiger partial charge in [-0.15, -0.1) is 0 Å². The average Bonchev–Trinajstić information content (AvgIpc) is 3.30. The van der Waals surface area contributed by atoms with Crippen molar-refractivity contribution in [1.82, 2.24) is 4.90 Å². The van der Waals surface area contributed by atoms with Crippen LogP contribution in [0.1, 0.15) is 45.4 Å². The fraction of sp³-hybridized carbons (Fsp3) is 0.333. The molecule has 2 heterocycles. The summed E-state index contributed by atoms with van der Waals surface area (Å²) in [7, 11) is 3.15. The number of ether oxygens (including phenoxy) is 2. The fourth-order valence-corrected chi connectivity index (χ4v) is 3.13. The number of aromatic carboxylic acids is 1. The number of furan rings is 1. The number of amides is 1. The molecule has 1 fully saturated rings. The summed E-state index contributed by atoms with van der Waals surface area (Å²) in [6.07, 6.45) is 2.72. The van der Waals surface area contributed by atoms with E-state index in [-0.39, 0.29) is 23.3 Å². The third-order valence-corrected chi connectivity index (χ3v) is 4.37. The summed E-state index contributed by atoms with van der Waals surface area (Å²) in [6, 6.07) is 6.59. The molecule has 3 rings (SSSR count). The van der Waals surface area contributed by atoms with E-state index in [9.17, 15) is 9.59 Å². The Labute approximate surface area is 144 Å². The lowest BCUT2D eigenvalue weighted by Crippen LogP contribution is -2.30. The second kappa shape index (κ2) is 6.88. The SMILES string of the molecule is COc1ccc([C@@H]2CCCN2C(=O)c2cc(C(=O)O)co2)c(OC)c1. The molecule has 132 valence electrons. The van der Waals surface area contributed by atoms with Gasteiger partial charge in [-0.2, -0.15) is 0 Å². The Morgan fingerprint density at radius 2 is 2.04 bits per heavy atom. The van der Waals surface area contributed by atoms with Gasteiger partial charge in [-0.25, -0.2) is 4.79 Å². The second-order valence-electron chi connectivity index (χ2n) is 5.77. The smallest absolute Gasteiger partial charge is 0.338 e. The van der Waals surface area contributed by atoms with Crippen LogP contribution in [0.4, 0.5) is 0 Å². The normalized spacial score (nSPS) is 16.7. The highest BCUT2D eigenvalue weighted by Gasteiger charge is 2.34. The lowest BCUT2D eigenvalue weighted by atomic mass is 10.0. The van der Waals surface area contributed by atoms with Crippen LogP contribution >= 0.6 is 0 Å². The molecule has 0 bridgehead atoms. The largest absolute Gasteiger partial charge is 0.497 e. The van der Waals surface area contributed by atoms with Gasteiger partial charge in [0.05, 0.1) is 25.8 Å². The van der Waals surface area contributed by atoms with Crippen molar-refractivity contribution >= 4 is 11.9 Å². The average molecular weight is 345 g/mol. The zero-order valence-electron chi connectivity index (χ0n) is 14.0. The molecule has 1 N–H and O–H groups in total. The van der Waals surface area contributed by atoms with Crippen molar-refractivity contribution in [3.8, 4) is 11.5 Å². The molecule has 0 spiro atoms. The summed E-state index contributed by atoms with van der Waals surface area (Å²) in [5.41, 5.74) is 0.847. The molecule has 25 heavy (non-hydrogen) atoms. The van der Waals surface area contributed by atoms with E-state index >= 15 is 0 Å². The van der Waals surface area contributed by atoms with Crippen LogP contribution in [0.25, 0.3) is 0 Å². The van der Waals surface area contributed by atoms with E-state index in [1.807, 2.05) is 12.1 Å². The van der Waals surface area contributed by atoms with Gasteiger partial charge in [-0.3, -0.25) is 4.79 Å². The van der Waals surface area contributed by atoms with Crippen LogP contribution in [0.15, 0.2) is 34.9 Å². The Balaban J connectivity index is 1.89. The zero-order valence-corrected chi connectivity index (χ0v) is 14.0. The van der Waals surface area contributed by atoms with E-state index in [0.717, 1.165) is 24.7 Å². The number of nitrogens with zero attached hydrogens (tertiary/aromatic N) is 1. The van der Waals surface area contributed by atoms with Gasteiger partial charge in [0, 0.05) is 24.2 Å². The second-order valence-corrected chi connectivity index (χ2v) is 5.77. The van der Waals surface area contributed by atoms with Crippen molar-refractivity contribution in [2.45, 2.75) is 18.9 Å². The monoisotopic (exact) mass is 345 g/mol. The van der Waals surface area contributed by atoms with E-state index in [2.05, 4.69) is 0 Å². The standard InChI is InChI=1S/C18H19NO6/c1-23-12-5-6-13(15(9-12)24-2)14-4-3-7-19(14)17(20)16-8-11(10-25-16)18(21)22/h5-6,8-10,14H,3-4,7H2,1-2H3,(H,21,22)/t14-/m0/s1. The molecule has 0 saturated carbocycles. The van der Waals surface area contributed by atoms with E-state index < -0.39 is 5.97 Å². The van der Waals surface area contributed by atoms with Crippen molar-refractivity contribution in [3.63, 3.8) is 0 Å². The van der Waals surface area contributed by atoms with Crippen LogP contribution in [0, 0.1) is 0 Å². The molecule has 1 amide bonds. The van der Waals surface area contributed by atoms with E-state index in [1.165, 1.54) is 6.07 Å². The topological polar surface area (TPSA) is 89.2 Å². The van der Waals surface area contributed by atoms with E-state index in [4.69, 9.17) is 19.0 Å². The number of carbonyl (C=O) groups is 2. The first-order valence-electron chi connectivity index (χ1n) is 7.90. The number of carboxylic acids is 1. The highest BCUT2D eigenvalue weighted by atomic mass is 16.5. The Morgan fingerprint density at radius 1 is 1.24 bits per heavy atom. The summed E-state index contributed by atoms with van der Waals surface area (Å²) in [6.45, 7) is 0.571. The molecule has 7 heteroatoms. The number of methoxy groups -OCH3 is 2. The third-order valence-electron chi connectivity index (χ3n) is 4.37. The molecule has 1 aromatic heterocycles. The minimum absolute atomic E-state index is 0.0248. The summed E-state index contributed by atoms with van der Waals surface area (Å²) in [4.78, 5) is 25.4. The first kappa shape index (κ1) is 16.9. The van der Waals surface area contributed by atoms with Gasteiger partial charge in [-0.05, 0) is 25.0 Å².